The van der Waals surface area contributed by atoms with Crippen molar-refractivity contribution in [2.45, 2.75) is 60.6 Å². The van der Waals surface area contributed by atoms with Gasteiger partial charge in [0.2, 0.25) is 0 Å². The average molecular weight is 600 g/mol. The molecule has 4 aromatic rings. The molecule has 0 N–H and O–H groups in total. The molecule has 8 nitrogen and oxygen atoms in total. The molecular weight excluding hydrogens is 562 g/mol. The van der Waals surface area contributed by atoms with E-state index in [1.807, 2.05) is 44.2 Å². The van der Waals surface area contributed by atoms with Crippen LogP contribution in [0.3, 0.4) is 0 Å². The molecule has 0 spiro atoms. The van der Waals surface area contributed by atoms with Crippen LogP contribution in [-0.2, 0) is 9.53 Å². The Hall–Kier alpha value is -4.37. The van der Waals surface area contributed by atoms with Crippen LogP contribution in [-0.4, -0.2) is 34.9 Å². The summed E-state index contributed by atoms with van der Waals surface area (Å²) in [6.07, 6.45) is 1.86. The van der Waals surface area contributed by atoms with Crippen LogP contribution in [0.1, 0.15) is 61.8 Å². The number of thiazole rings is 1. The third-order valence-corrected chi connectivity index (χ3v) is 8.38. The number of methoxy groups -OCH3 is 1. The molecule has 224 valence electrons. The number of aryl methyl sites for hydroxylation is 2. The van der Waals surface area contributed by atoms with E-state index in [-0.39, 0.29) is 18.3 Å². The van der Waals surface area contributed by atoms with E-state index in [2.05, 4.69) is 49.6 Å². The molecule has 0 saturated carbocycles. The SMILES string of the molecule is CCOC(=O)C1=C(C)N=c2s/c(=C\c3cc(C)n(-c4cccc(C)c4)c3C)c(=O)n2[C@@H]1c1ccc(OC(C)C)c(OC)c1. The number of ether oxygens (including phenoxy) is 3. The van der Waals surface area contributed by atoms with Gasteiger partial charge in [-0.3, -0.25) is 9.36 Å². The zero-order chi connectivity index (χ0) is 31.0. The first-order valence-corrected chi connectivity index (χ1v) is 15.2. The van der Waals surface area contributed by atoms with E-state index in [1.54, 1.807) is 25.5 Å². The molecule has 43 heavy (non-hydrogen) atoms. The van der Waals surface area contributed by atoms with E-state index in [4.69, 9.17) is 19.2 Å². The highest BCUT2D eigenvalue weighted by Crippen LogP contribution is 2.36. The average Bonchev–Trinajstić information content (AvgIpc) is 3.41. The molecule has 0 radical (unpaired) electrons. The molecule has 0 fully saturated rings. The Morgan fingerprint density at radius 3 is 2.51 bits per heavy atom. The van der Waals surface area contributed by atoms with E-state index < -0.39 is 12.0 Å². The van der Waals surface area contributed by atoms with Crippen molar-refractivity contribution in [3.63, 3.8) is 0 Å². The van der Waals surface area contributed by atoms with Crippen LogP contribution >= 0.6 is 11.3 Å². The number of rotatable bonds is 8. The Labute approximate surface area is 255 Å². The molecular formula is C34H37N3O5S. The minimum atomic E-state index is -0.751. The Balaban J connectivity index is 1.69. The molecule has 0 unspecified atom stereocenters. The number of hydrogen-bond acceptors (Lipinski definition) is 7. The van der Waals surface area contributed by atoms with Crippen LogP contribution in [0.25, 0.3) is 11.8 Å². The highest BCUT2D eigenvalue weighted by molar-refractivity contribution is 7.07. The number of aromatic nitrogens is 2. The maximum absolute atomic E-state index is 14.2. The summed E-state index contributed by atoms with van der Waals surface area (Å²) >= 11 is 1.31. The summed E-state index contributed by atoms with van der Waals surface area (Å²) in [6.45, 7) is 13.8. The maximum atomic E-state index is 14.2. The summed E-state index contributed by atoms with van der Waals surface area (Å²) in [4.78, 5) is 32.7. The summed E-state index contributed by atoms with van der Waals surface area (Å²) in [6, 6.07) is 15.1. The second-order valence-corrected chi connectivity index (χ2v) is 11.9. The van der Waals surface area contributed by atoms with E-state index >= 15 is 0 Å². The van der Waals surface area contributed by atoms with Crippen LogP contribution in [0.4, 0.5) is 0 Å². The monoisotopic (exact) mass is 599 g/mol. The van der Waals surface area contributed by atoms with E-state index in [9.17, 15) is 9.59 Å². The number of allylic oxidation sites excluding steroid dienone is 1. The van der Waals surface area contributed by atoms with Crippen LogP contribution in [0, 0.1) is 20.8 Å². The van der Waals surface area contributed by atoms with Gasteiger partial charge in [0.25, 0.3) is 5.56 Å². The summed E-state index contributed by atoms with van der Waals surface area (Å²) in [7, 11) is 1.57. The third kappa shape index (κ3) is 5.69. The molecule has 0 bridgehead atoms. The summed E-state index contributed by atoms with van der Waals surface area (Å²) in [5.74, 6) is 0.581. The predicted octanol–water partition coefficient (Wildman–Crippen LogP) is 5.31. The summed E-state index contributed by atoms with van der Waals surface area (Å²) in [5.41, 5.74) is 6.57. The Kier molecular flexibility index (Phi) is 8.46. The van der Waals surface area contributed by atoms with Crippen LogP contribution < -0.4 is 24.4 Å². The van der Waals surface area contributed by atoms with Crippen LogP contribution in [0.15, 0.2) is 69.6 Å². The molecule has 5 rings (SSSR count). The van der Waals surface area contributed by atoms with E-state index in [0.717, 1.165) is 22.6 Å². The number of fused-ring (bicyclic) bond motifs is 1. The fraction of sp³-hybridized carbons (Fsp3) is 0.324. The number of carbonyl (C=O) groups excluding carboxylic acids is 1. The summed E-state index contributed by atoms with van der Waals surface area (Å²) in [5, 5.41) is 0. The normalized spacial score (nSPS) is 15.0. The quantitative estimate of drug-likeness (QED) is 0.257. The minimum Gasteiger partial charge on any atom is -0.493 e. The van der Waals surface area contributed by atoms with Gasteiger partial charge in [-0.2, -0.15) is 0 Å². The van der Waals surface area contributed by atoms with Gasteiger partial charge in [0.1, 0.15) is 0 Å². The molecule has 0 saturated heterocycles. The zero-order valence-corrected chi connectivity index (χ0v) is 26.7. The lowest BCUT2D eigenvalue weighted by atomic mass is 9.95. The third-order valence-electron chi connectivity index (χ3n) is 7.40. The fourth-order valence-corrected chi connectivity index (χ4v) is 6.59. The number of esters is 1. The highest BCUT2D eigenvalue weighted by Gasteiger charge is 2.34. The van der Waals surface area contributed by atoms with E-state index in [1.165, 1.54) is 16.9 Å². The van der Waals surface area contributed by atoms with E-state index in [0.29, 0.717) is 37.7 Å². The first-order valence-electron chi connectivity index (χ1n) is 14.3. The summed E-state index contributed by atoms with van der Waals surface area (Å²) < 4.78 is 21.3. The number of nitrogens with zero attached hydrogens (tertiary/aromatic N) is 3. The van der Waals surface area contributed by atoms with Crippen molar-refractivity contribution >= 4 is 23.4 Å². The first-order chi connectivity index (χ1) is 20.5. The number of carbonyl (C=O) groups is 1. The maximum Gasteiger partial charge on any atom is 0.338 e. The van der Waals surface area contributed by atoms with Crippen molar-refractivity contribution in [3.8, 4) is 17.2 Å². The molecule has 2 aromatic carbocycles. The Morgan fingerprint density at radius 2 is 1.84 bits per heavy atom. The molecule has 3 heterocycles. The van der Waals surface area contributed by atoms with Crippen LogP contribution in [0.5, 0.6) is 11.5 Å². The Bertz CT molecular complexity index is 1930. The van der Waals surface area contributed by atoms with Gasteiger partial charge in [0.05, 0.1) is 41.7 Å². The minimum absolute atomic E-state index is 0.0532. The van der Waals surface area contributed by atoms with Gasteiger partial charge in [0, 0.05) is 17.1 Å². The fourth-order valence-electron chi connectivity index (χ4n) is 5.55. The molecule has 0 amide bonds. The van der Waals surface area contributed by atoms with Gasteiger partial charge in [-0.25, -0.2) is 9.79 Å². The van der Waals surface area contributed by atoms with Crippen molar-refractivity contribution in [1.29, 1.82) is 0 Å². The van der Waals surface area contributed by atoms with Gasteiger partial charge in [-0.15, -0.1) is 0 Å². The van der Waals surface area contributed by atoms with Gasteiger partial charge in [-0.1, -0.05) is 29.5 Å². The van der Waals surface area contributed by atoms with Crippen LogP contribution in [0.2, 0.25) is 0 Å². The molecule has 0 aliphatic carbocycles. The lowest BCUT2D eigenvalue weighted by molar-refractivity contribution is -0.139. The largest absolute Gasteiger partial charge is 0.493 e. The lowest BCUT2D eigenvalue weighted by Crippen LogP contribution is -2.40. The van der Waals surface area contributed by atoms with Gasteiger partial charge < -0.3 is 18.8 Å². The van der Waals surface area contributed by atoms with Crippen molar-refractivity contribution < 1.29 is 19.0 Å². The van der Waals surface area contributed by atoms with Gasteiger partial charge >= 0.3 is 5.97 Å². The molecule has 1 atom stereocenters. The lowest BCUT2D eigenvalue weighted by Gasteiger charge is -2.25. The van der Waals surface area contributed by atoms with Crippen molar-refractivity contribution in [2.24, 2.45) is 4.99 Å². The second-order valence-electron chi connectivity index (χ2n) is 10.9. The number of hydrogen-bond donors (Lipinski definition) is 0. The van der Waals surface area contributed by atoms with Crippen molar-refractivity contribution in [1.82, 2.24) is 9.13 Å². The smallest absolute Gasteiger partial charge is 0.338 e. The van der Waals surface area contributed by atoms with Crippen molar-refractivity contribution in [3.05, 3.63) is 108 Å². The molecule has 9 heteroatoms. The topological polar surface area (TPSA) is 84.1 Å². The molecule has 1 aliphatic rings. The van der Waals surface area contributed by atoms with Gasteiger partial charge in [0.15, 0.2) is 16.3 Å². The van der Waals surface area contributed by atoms with Crippen molar-refractivity contribution in [2.75, 3.05) is 13.7 Å². The Morgan fingerprint density at radius 1 is 1.07 bits per heavy atom. The second kappa shape index (κ2) is 12.1. The standard InChI is InChI=1S/C34H37N3O5S/c1-9-41-33(39)30-22(6)35-34-37(31(30)24-13-14-27(42-19(2)3)28(17-24)40-8)32(38)29(43-34)18-25-16-21(5)36(23(25)7)26-12-10-11-20(4)15-26/h10-19,31H,9H2,1-8H3/b29-18-/t31-/m1/s1. The predicted molar refractivity (Wildman–Crippen MR) is 169 cm³/mol. The molecule has 1 aliphatic heterocycles. The van der Waals surface area contributed by atoms with Gasteiger partial charge in [-0.05, 0) is 102 Å². The first kappa shape index (κ1) is 30.1. The number of benzene rings is 2. The zero-order valence-electron chi connectivity index (χ0n) is 25.8. The highest BCUT2D eigenvalue weighted by atomic mass is 32.1. The molecule has 2 aromatic heterocycles.